The molecule has 4 aliphatic heterocycles. The van der Waals surface area contributed by atoms with Crippen LogP contribution in [0.2, 0.25) is 0 Å². The predicted octanol–water partition coefficient (Wildman–Crippen LogP) is 7.68. The van der Waals surface area contributed by atoms with Gasteiger partial charge in [-0.2, -0.15) is 0 Å². The molecule has 6 aromatic heterocycles. The first-order valence-electron chi connectivity index (χ1n) is 29.4. The summed E-state index contributed by atoms with van der Waals surface area (Å²) in [4.78, 5) is 125. The lowest BCUT2D eigenvalue weighted by atomic mass is 9.86. The average molecular weight is 1170 g/mol. The molecular weight excluding hydrogens is 1110 g/mol. The summed E-state index contributed by atoms with van der Waals surface area (Å²) in [5.41, 5.74) is 8.48. The van der Waals surface area contributed by atoms with Crippen LogP contribution in [0, 0.1) is 0 Å². The lowest BCUT2D eigenvalue weighted by molar-refractivity contribution is -0.697. The van der Waals surface area contributed by atoms with Crippen molar-refractivity contribution in [1.82, 2.24) is 29.6 Å². The van der Waals surface area contributed by atoms with Gasteiger partial charge in [0, 0.05) is 191 Å². The van der Waals surface area contributed by atoms with Crippen LogP contribution in [0.4, 0.5) is 0 Å². The smallest absolute Gasteiger partial charge is 0.261 e. The third-order valence-electron chi connectivity index (χ3n) is 17.2. The van der Waals surface area contributed by atoms with Crippen LogP contribution < -0.4 is 18.3 Å². The second-order valence-electron chi connectivity index (χ2n) is 22.4. The van der Waals surface area contributed by atoms with Gasteiger partial charge in [0.2, 0.25) is 0 Å². The maximum atomic E-state index is 14.0. The van der Waals surface area contributed by atoms with E-state index in [9.17, 15) is 38.4 Å². The fourth-order valence-corrected chi connectivity index (χ4v) is 12.7. The number of imide groups is 4. The lowest BCUT2D eigenvalue weighted by Crippen LogP contribution is -2.45. The van der Waals surface area contributed by atoms with Gasteiger partial charge in [0.05, 0.1) is 0 Å². The number of hydrogen-bond acceptors (Lipinski definition) is 10. The first-order valence-corrected chi connectivity index (χ1v) is 29.4. The minimum Gasteiger partial charge on any atom is -0.274 e. The summed E-state index contributed by atoms with van der Waals surface area (Å²) in [6.45, 7) is 2.92. The Hall–Kier alpha value is -11.1. The van der Waals surface area contributed by atoms with E-state index in [1.807, 2.05) is 141 Å². The van der Waals surface area contributed by atoms with Crippen LogP contribution in [-0.2, 0) is 26.2 Å². The van der Waals surface area contributed by atoms with E-state index in [0.29, 0.717) is 95.7 Å². The molecule has 0 unspecified atom stereocenters. The van der Waals surface area contributed by atoms with Crippen molar-refractivity contribution in [2.24, 2.45) is 0 Å². The van der Waals surface area contributed by atoms with Crippen LogP contribution in [0.3, 0.4) is 0 Å². The van der Waals surface area contributed by atoms with Crippen LogP contribution in [0.15, 0.2) is 196 Å². The van der Waals surface area contributed by atoms with Crippen molar-refractivity contribution < 1.29 is 56.6 Å². The number of aromatic nitrogens is 6. The van der Waals surface area contributed by atoms with Gasteiger partial charge in [0.25, 0.3) is 47.3 Å². The van der Waals surface area contributed by atoms with Gasteiger partial charge >= 0.3 is 0 Å². The number of benzene rings is 4. The molecule has 0 N–H and O–H groups in total. The quantitative estimate of drug-likeness (QED) is 0.0574. The molecule has 4 aromatic carbocycles. The number of nitrogens with zero attached hydrogens (tertiary/aromatic N) is 10. The van der Waals surface area contributed by atoms with Crippen molar-refractivity contribution in [3.8, 4) is 33.4 Å². The second-order valence-corrected chi connectivity index (χ2v) is 22.4. The van der Waals surface area contributed by atoms with Gasteiger partial charge in [0.15, 0.2) is 49.6 Å². The van der Waals surface area contributed by atoms with Crippen LogP contribution in [0.25, 0.3) is 54.9 Å². The molecule has 10 aromatic rings. The van der Waals surface area contributed by atoms with Crippen molar-refractivity contribution >= 4 is 68.8 Å². The van der Waals surface area contributed by atoms with E-state index in [-0.39, 0.29) is 48.4 Å². The molecule has 0 atom stereocenters. The number of hydrogen-bond donors (Lipinski definition) is 0. The highest BCUT2D eigenvalue weighted by Crippen LogP contribution is 2.40. The third-order valence-corrected chi connectivity index (χ3v) is 17.2. The largest absolute Gasteiger partial charge is 0.274 e. The zero-order chi connectivity index (χ0) is 60.2. The van der Waals surface area contributed by atoms with Crippen LogP contribution >= 0.6 is 0 Å². The van der Waals surface area contributed by atoms with E-state index in [2.05, 4.69) is 9.97 Å². The summed E-state index contributed by atoms with van der Waals surface area (Å²) in [5.74, 6) is -3.67. The summed E-state index contributed by atoms with van der Waals surface area (Å²) in [5, 5.41) is 1.39. The first kappa shape index (κ1) is 54.8. The Morgan fingerprint density at radius 1 is 0.239 bits per heavy atom. The molecule has 430 valence electrons. The Morgan fingerprint density at radius 3 is 0.591 bits per heavy atom. The van der Waals surface area contributed by atoms with Crippen LogP contribution in [0.1, 0.15) is 109 Å². The summed E-state index contributed by atoms with van der Waals surface area (Å²) < 4.78 is 7.99. The summed E-state index contributed by atoms with van der Waals surface area (Å²) in [6.07, 6.45) is 24.7. The fourth-order valence-electron chi connectivity index (χ4n) is 12.7. The van der Waals surface area contributed by atoms with Gasteiger partial charge in [-0.25, -0.2) is 18.3 Å². The Labute approximate surface area is 504 Å². The molecule has 14 rings (SSSR count). The monoisotopic (exact) mass is 1160 g/mol. The number of aryl methyl sites for hydroxylation is 4. The second kappa shape index (κ2) is 22.7. The van der Waals surface area contributed by atoms with Crippen molar-refractivity contribution in [3.05, 3.63) is 240 Å². The number of pyridine rings is 6. The lowest BCUT2D eigenvalue weighted by Gasteiger charge is -2.31. The number of amides is 8. The topological polar surface area (TPSA) is 191 Å². The molecule has 18 nitrogen and oxygen atoms in total. The average Bonchev–Trinajstić information content (AvgIpc) is 0.789. The Bertz CT molecular complexity index is 4130. The Morgan fingerprint density at radius 2 is 0.409 bits per heavy atom. The van der Waals surface area contributed by atoms with E-state index in [1.54, 1.807) is 73.3 Å². The van der Waals surface area contributed by atoms with Gasteiger partial charge in [-0.1, -0.05) is 0 Å². The zero-order valence-electron chi connectivity index (χ0n) is 47.7. The molecule has 0 saturated heterocycles. The SMILES string of the molecule is O=C1c2ccc3c4c(ccc(c24)C(=O)N1CCC[n+]1ccc(-c2ccncc2)cc1)C(=O)N(CCC[n+]1ccc(-c2cc[n+](CCCN4C(=O)c5ccc6c7c(ccc(c57)C4=O)C(=O)N(CCC[n+]4ccc(-c5ccncc5)cc4)C6=O)cc2)cc1)C3=O. The summed E-state index contributed by atoms with van der Waals surface area (Å²) in [7, 11) is 0. The molecule has 0 radical (unpaired) electrons. The standard InChI is InChI=1S/C70H56N10O8/c81-63-51-5-9-55-61-56(10-6-52(59(51)61)64(82)77(63)33-1-29-73-37-17-47(18-38-73)45-13-25-71-26-14-45)68(86)79(67(55)85)35-3-31-75-41-21-49(22-42-75)50-23-43-76(44-24-50)32-4-36-80-69(87)57-11-7-53-60-54(8-12-58(62(57)60)70(80)88)66(84)78(65(53)83)34-2-30-74-39-19-48(20-40-74)46-15-27-72-28-16-46/h5-28,37-44H,1-4,29-36H2/q+4. The Kier molecular flexibility index (Phi) is 14.1. The minimum absolute atomic E-state index is 0.160. The van der Waals surface area contributed by atoms with E-state index in [0.717, 1.165) is 33.4 Å². The number of carbonyl (C=O) groups excluding carboxylic acids is 8. The van der Waals surface area contributed by atoms with Crippen molar-refractivity contribution in [2.45, 2.75) is 51.9 Å². The first-order chi connectivity index (χ1) is 43.0. The molecule has 4 aliphatic rings. The molecule has 10 heterocycles. The summed E-state index contributed by atoms with van der Waals surface area (Å²) >= 11 is 0. The van der Waals surface area contributed by atoms with Gasteiger partial charge in [-0.3, -0.25) is 67.9 Å². The molecule has 18 heteroatoms. The fraction of sp³-hybridized carbons (Fsp3) is 0.171. The highest BCUT2D eigenvalue weighted by molar-refractivity contribution is 6.34. The maximum Gasteiger partial charge on any atom is 0.261 e. The van der Waals surface area contributed by atoms with Gasteiger partial charge in [-0.05, 0) is 106 Å². The number of carbonyl (C=O) groups is 8. The van der Waals surface area contributed by atoms with Crippen molar-refractivity contribution in [1.29, 1.82) is 0 Å². The van der Waals surface area contributed by atoms with Gasteiger partial charge in [-0.15, -0.1) is 0 Å². The van der Waals surface area contributed by atoms with E-state index in [4.69, 9.17) is 0 Å². The van der Waals surface area contributed by atoms with Gasteiger partial charge in [0.1, 0.15) is 26.2 Å². The normalized spacial score (nSPS) is 14.3. The molecule has 0 bridgehead atoms. The highest BCUT2D eigenvalue weighted by Gasteiger charge is 2.42. The molecule has 88 heavy (non-hydrogen) atoms. The van der Waals surface area contributed by atoms with Crippen molar-refractivity contribution in [3.63, 3.8) is 0 Å². The Balaban J connectivity index is 0.556. The number of rotatable bonds is 19. The molecule has 0 aliphatic carbocycles. The predicted molar refractivity (Wildman–Crippen MR) is 320 cm³/mol. The third kappa shape index (κ3) is 9.73. The van der Waals surface area contributed by atoms with Crippen LogP contribution in [-0.4, -0.2) is 103 Å². The summed E-state index contributed by atoms with van der Waals surface area (Å²) in [6, 6.07) is 36.6. The van der Waals surface area contributed by atoms with Gasteiger partial charge < -0.3 is 0 Å². The molecule has 0 fully saturated rings. The van der Waals surface area contributed by atoms with E-state index < -0.39 is 47.3 Å². The van der Waals surface area contributed by atoms with E-state index >= 15 is 0 Å². The maximum absolute atomic E-state index is 14.0. The zero-order valence-corrected chi connectivity index (χ0v) is 47.7. The van der Waals surface area contributed by atoms with Crippen molar-refractivity contribution in [2.75, 3.05) is 26.2 Å². The van der Waals surface area contributed by atoms with E-state index in [1.165, 1.54) is 19.6 Å². The minimum atomic E-state index is -0.466. The molecule has 0 saturated carbocycles. The highest BCUT2D eigenvalue weighted by atomic mass is 16.2. The molecule has 8 amide bonds. The van der Waals surface area contributed by atoms with Crippen LogP contribution in [0.5, 0.6) is 0 Å². The molecular formula is C70H56N10O8+4. The molecule has 0 spiro atoms.